The van der Waals surface area contributed by atoms with Gasteiger partial charge in [0.15, 0.2) is 6.10 Å². The molecule has 0 amide bonds. The van der Waals surface area contributed by atoms with Crippen molar-refractivity contribution in [1.29, 1.82) is 5.26 Å². The number of benzene rings is 1. The largest absolute Gasteiger partial charge is 0.349 e. The van der Waals surface area contributed by atoms with E-state index in [2.05, 4.69) is 12.1 Å². The lowest BCUT2D eigenvalue weighted by Crippen LogP contribution is -1.92. The molecule has 0 N–H and O–H groups in total. The Kier molecular flexibility index (Phi) is 2.34. The third kappa shape index (κ3) is 1.84. The molecule has 2 rings (SSSR count). The van der Waals surface area contributed by atoms with Crippen molar-refractivity contribution in [1.82, 2.24) is 0 Å². The fraction of sp³-hybridized carbons (Fsp3) is 0.250. The maximum Gasteiger partial charge on any atom is 0.174 e. The molecule has 2 heteroatoms. The van der Waals surface area contributed by atoms with Gasteiger partial charge in [-0.1, -0.05) is 36.4 Å². The van der Waals surface area contributed by atoms with E-state index in [1.165, 1.54) is 0 Å². The monoisotopic (exact) mass is 185 g/mol. The fourth-order valence-corrected chi connectivity index (χ4v) is 1.45. The summed E-state index contributed by atoms with van der Waals surface area (Å²) in [6.45, 7) is 2.00. The summed E-state index contributed by atoms with van der Waals surface area (Å²) in [6, 6.07) is 12.1. The second kappa shape index (κ2) is 3.65. The summed E-state index contributed by atoms with van der Waals surface area (Å²) in [6.07, 6.45) is 1.84. The summed E-state index contributed by atoms with van der Waals surface area (Å²) in [5, 5.41) is 8.59. The van der Waals surface area contributed by atoms with E-state index >= 15 is 0 Å². The van der Waals surface area contributed by atoms with Gasteiger partial charge in [-0.3, -0.25) is 0 Å². The summed E-state index contributed by atoms with van der Waals surface area (Å²) < 4.78 is 5.17. The molecule has 1 heterocycles. The van der Waals surface area contributed by atoms with Crippen LogP contribution in [-0.2, 0) is 4.74 Å². The average molecular weight is 185 g/mol. The van der Waals surface area contributed by atoms with E-state index < -0.39 is 0 Å². The molecule has 0 spiro atoms. The number of hydrogen-bond donors (Lipinski definition) is 0. The molecule has 0 aliphatic carbocycles. The normalized spacial score (nSPS) is 25.6. The maximum absolute atomic E-state index is 8.59. The molecule has 0 unspecified atom stereocenters. The highest BCUT2D eigenvalue weighted by atomic mass is 16.6. The number of hydrogen-bond acceptors (Lipinski definition) is 2. The van der Waals surface area contributed by atoms with Crippen LogP contribution >= 0.6 is 0 Å². The number of nitrogens with zero attached hydrogens (tertiary/aromatic N) is 1. The molecule has 14 heavy (non-hydrogen) atoms. The number of nitriles is 1. The van der Waals surface area contributed by atoms with Gasteiger partial charge in [0.05, 0.1) is 6.07 Å². The van der Waals surface area contributed by atoms with Gasteiger partial charge in [-0.15, -0.1) is 0 Å². The molecule has 70 valence electrons. The van der Waals surface area contributed by atoms with Crippen molar-refractivity contribution in [3.8, 4) is 6.07 Å². The molecular formula is C12H11NO. The highest BCUT2D eigenvalue weighted by Gasteiger charge is 2.40. The Morgan fingerprint density at radius 2 is 2.14 bits per heavy atom. The van der Waals surface area contributed by atoms with Crippen molar-refractivity contribution in [2.45, 2.75) is 19.1 Å². The van der Waals surface area contributed by atoms with E-state index in [0.29, 0.717) is 0 Å². The van der Waals surface area contributed by atoms with Crippen LogP contribution in [0.5, 0.6) is 0 Å². The molecule has 0 radical (unpaired) electrons. The molecular weight excluding hydrogens is 174 g/mol. The molecule has 0 bridgehead atoms. The maximum atomic E-state index is 8.59. The smallest absolute Gasteiger partial charge is 0.174 e. The molecule has 1 aliphatic rings. The Labute approximate surface area is 83.4 Å². The summed E-state index contributed by atoms with van der Waals surface area (Å²) in [5.41, 5.74) is 2.26. The van der Waals surface area contributed by atoms with Crippen molar-refractivity contribution >= 4 is 6.08 Å². The number of ether oxygens (including phenoxy) is 1. The van der Waals surface area contributed by atoms with Crippen LogP contribution in [0.1, 0.15) is 12.5 Å². The van der Waals surface area contributed by atoms with Gasteiger partial charge in [0.1, 0.15) is 6.10 Å². The van der Waals surface area contributed by atoms with Gasteiger partial charge >= 0.3 is 0 Å². The topological polar surface area (TPSA) is 36.3 Å². The van der Waals surface area contributed by atoms with Gasteiger partial charge in [-0.2, -0.15) is 5.26 Å². The molecule has 1 fully saturated rings. The van der Waals surface area contributed by atoms with Crippen LogP contribution in [0, 0.1) is 11.3 Å². The molecule has 0 aromatic heterocycles. The third-order valence-corrected chi connectivity index (χ3v) is 2.26. The summed E-state index contributed by atoms with van der Waals surface area (Å²) in [4.78, 5) is 0. The highest BCUT2D eigenvalue weighted by molar-refractivity contribution is 5.54. The zero-order chi connectivity index (χ0) is 9.97. The lowest BCUT2D eigenvalue weighted by molar-refractivity contribution is 0.410. The van der Waals surface area contributed by atoms with Crippen LogP contribution in [0.2, 0.25) is 0 Å². The minimum absolute atomic E-state index is 0.0141. The summed E-state index contributed by atoms with van der Waals surface area (Å²) in [5.74, 6) is 0. The van der Waals surface area contributed by atoms with E-state index in [1.807, 2.05) is 37.3 Å². The average Bonchev–Trinajstić information content (AvgIpc) is 2.98. The Balaban J connectivity index is 2.10. The van der Waals surface area contributed by atoms with Crippen molar-refractivity contribution in [3.05, 3.63) is 41.5 Å². The Bertz CT molecular complexity index is 389. The quantitative estimate of drug-likeness (QED) is 0.663. The van der Waals surface area contributed by atoms with E-state index in [1.54, 1.807) is 0 Å². The van der Waals surface area contributed by atoms with Crippen molar-refractivity contribution in [3.63, 3.8) is 0 Å². The predicted octanol–water partition coefficient (Wildman–Crippen LogP) is 2.38. The Hall–Kier alpha value is -1.59. The first-order chi connectivity index (χ1) is 6.81. The van der Waals surface area contributed by atoms with Crippen molar-refractivity contribution < 1.29 is 4.74 Å². The second-order valence-electron chi connectivity index (χ2n) is 3.41. The first-order valence-electron chi connectivity index (χ1n) is 4.59. The number of epoxide rings is 1. The molecule has 2 nitrogen and oxygen atoms in total. The fourth-order valence-electron chi connectivity index (χ4n) is 1.45. The summed E-state index contributed by atoms with van der Waals surface area (Å²) in [7, 11) is 0. The lowest BCUT2D eigenvalue weighted by Gasteiger charge is -1.95. The molecule has 2 atom stereocenters. The molecule has 0 saturated carbocycles. The van der Waals surface area contributed by atoms with Gasteiger partial charge in [0, 0.05) is 0 Å². The minimum Gasteiger partial charge on any atom is -0.349 e. The standard InChI is InChI=1S/C12H11NO/c1-9(12-11(8-13)14-12)7-10-5-3-2-4-6-10/h2-7,11-12H,1H3/b9-7+/t11-,12-/m1/s1. The molecule has 1 aromatic carbocycles. The van der Waals surface area contributed by atoms with Crippen molar-refractivity contribution in [2.24, 2.45) is 0 Å². The van der Waals surface area contributed by atoms with E-state index in [0.717, 1.165) is 11.1 Å². The molecule has 1 aliphatic heterocycles. The molecule has 1 saturated heterocycles. The first-order valence-corrected chi connectivity index (χ1v) is 4.59. The highest BCUT2D eigenvalue weighted by Crippen LogP contribution is 2.29. The summed E-state index contributed by atoms with van der Waals surface area (Å²) >= 11 is 0. The Morgan fingerprint density at radius 3 is 2.71 bits per heavy atom. The lowest BCUT2D eigenvalue weighted by atomic mass is 10.1. The van der Waals surface area contributed by atoms with Crippen LogP contribution in [0.3, 0.4) is 0 Å². The van der Waals surface area contributed by atoms with Gasteiger partial charge in [-0.25, -0.2) is 0 Å². The van der Waals surface area contributed by atoms with Gasteiger partial charge in [0.25, 0.3) is 0 Å². The van der Waals surface area contributed by atoms with E-state index in [-0.39, 0.29) is 12.2 Å². The van der Waals surface area contributed by atoms with Crippen LogP contribution in [0.15, 0.2) is 35.9 Å². The van der Waals surface area contributed by atoms with Gasteiger partial charge in [0.2, 0.25) is 0 Å². The second-order valence-corrected chi connectivity index (χ2v) is 3.41. The third-order valence-electron chi connectivity index (χ3n) is 2.26. The Morgan fingerprint density at radius 1 is 1.43 bits per heavy atom. The van der Waals surface area contributed by atoms with Gasteiger partial charge in [-0.05, 0) is 18.1 Å². The van der Waals surface area contributed by atoms with Crippen LogP contribution in [-0.4, -0.2) is 12.2 Å². The van der Waals surface area contributed by atoms with E-state index in [9.17, 15) is 0 Å². The SMILES string of the molecule is C/C(=C\c1ccccc1)[C@H]1O[C@@H]1C#N. The van der Waals surface area contributed by atoms with Crippen LogP contribution in [0.25, 0.3) is 6.08 Å². The minimum atomic E-state index is -0.227. The van der Waals surface area contributed by atoms with E-state index in [4.69, 9.17) is 10.00 Å². The molecule has 1 aromatic rings. The van der Waals surface area contributed by atoms with Crippen LogP contribution in [0.4, 0.5) is 0 Å². The first kappa shape index (κ1) is 8.98. The van der Waals surface area contributed by atoms with Crippen molar-refractivity contribution in [2.75, 3.05) is 0 Å². The predicted molar refractivity (Wildman–Crippen MR) is 54.4 cm³/mol. The zero-order valence-electron chi connectivity index (χ0n) is 7.97. The zero-order valence-corrected chi connectivity index (χ0v) is 7.97. The number of rotatable bonds is 2. The van der Waals surface area contributed by atoms with Crippen LogP contribution < -0.4 is 0 Å². The van der Waals surface area contributed by atoms with Gasteiger partial charge < -0.3 is 4.74 Å².